The van der Waals surface area contributed by atoms with Gasteiger partial charge in [0.15, 0.2) is 0 Å². The van der Waals surface area contributed by atoms with Crippen molar-refractivity contribution in [2.45, 2.75) is 26.4 Å². The first-order valence-corrected chi connectivity index (χ1v) is 9.92. The molecule has 152 valence electrons. The highest BCUT2D eigenvalue weighted by molar-refractivity contribution is 5.83. The number of carbonyl (C=O) groups excluding carboxylic acids is 1. The van der Waals surface area contributed by atoms with Crippen molar-refractivity contribution in [3.8, 4) is 11.4 Å². The third-order valence-corrected chi connectivity index (χ3v) is 4.97. The molecule has 29 heavy (non-hydrogen) atoms. The minimum Gasteiger partial charge on any atom is -0.497 e. The highest BCUT2D eigenvalue weighted by Crippen LogP contribution is 2.21. The number of likely N-dealkylation sites (N-methyl/N-ethyl adjacent to an activating group) is 1. The van der Waals surface area contributed by atoms with Crippen LogP contribution in [0.2, 0.25) is 0 Å². The van der Waals surface area contributed by atoms with Gasteiger partial charge in [-0.05, 0) is 49.0 Å². The molecular formula is C23H28N4O2. The van der Waals surface area contributed by atoms with E-state index in [4.69, 9.17) is 4.74 Å². The molecule has 3 rings (SSSR count). The van der Waals surface area contributed by atoms with Gasteiger partial charge in [0.25, 0.3) is 0 Å². The number of aromatic nitrogens is 2. The van der Waals surface area contributed by atoms with Crippen LogP contribution in [0.1, 0.15) is 31.1 Å². The summed E-state index contributed by atoms with van der Waals surface area (Å²) in [6.07, 6.45) is 1.89. The predicted molar refractivity (Wildman–Crippen MR) is 114 cm³/mol. The molecule has 0 radical (unpaired) electrons. The van der Waals surface area contributed by atoms with Crippen molar-refractivity contribution >= 4 is 5.91 Å². The summed E-state index contributed by atoms with van der Waals surface area (Å²) in [6, 6.07) is 19.2. The maximum absolute atomic E-state index is 13.0. The molecule has 1 heterocycles. The monoisotopic (exact) mass is 392 g/mol. The van der Waals surface area contributed by atoms with Gasteiger partial charge in [-0.15, -0.1) is 0 Å². The van der Waals surface area contributed by atoms with Gasteiger partial charge in [0.05, 0.1) is 25.0 Å². The van der Waals surface area contributed by atoms with E-state index in [9.17, 15) is 4.79 Å². The van der Waals surface area contributed by atoms with Crippen molar-refractivity contribution in [2.24, 2.45) is 0 Å². The number of methoxy groups -OCH3 is 1. The van der Waals surface area contributed by atoms with Crippen LogP contribution in [0.15, 0.2) is 66.9 Å². The van der Waals surface area contributed by atoms with Crippen LogP contribution >= 0.6 is 0 Å². The molecule has 0 spiro atoms. The van der Waals surface area contributed by atoms with Crippen molar-refractivity contribution in [3.63, 3.8) is 0 Å². The first-order valence-electron chi connectivity index (χ1n) is 9.92. The van der Waals surface area contributed by atoms with Crippen LogP contribution < -0.4 is 10.1 Å². The minimum atomic E-state index is -0.310. The summed E-state index contributed by atoms with van der Waals surface area (Å²) in [5, 5.41) is 7.63. The Morgan fingerprint density at radius 3 is 2.38 bits per heavy atom. The highest BCUT2D eigenvalue weighted by Gasteiger charge is 2.25. The van der Waals surface area contributed by atoms with Crippen LogP contribution in [0.5, 0.6) is 5.75 Å². The molecule has 6 heteroatoms. The molecule has 3 aromatic rings. The first kappa shape index (κ1) is 20.6. The van der Waals surface area contributed by atoms with E-state index in [1.807, 2.05) is 66.9 Å². The molecule has 0 aliphatic heterocycles. The summed E-state index contributed by atoms with van der Waals surface area (Å²) in [7, 11) is 1.64. The van der Waals surface area contributed by atoms with Gasteiger partial charge in [-0.25, -0.2) is 4.68 Å². The van der Waals surface area contributed by atoms with Gasteiger partial charge in [-0.1, -0.05) is 44.2 Å². The maximum Gasteiger partial charge on any atom is 0.242 e. The van der Waals surface area contributed by atoms with Crippen LogP contribution in [0.3, 0.4) is 0 Å². The molecule has 1 amide bonds. The zero-order chi connectivity index (χ0) is 20.6. The highest BCUT2D eigenvalue weighted by atomic mass is 16.5. The van der Waals surface area contributed by atoms with Crippen molar-refractivity contribution in [2.75, 3.05) is 20.2 Å². The van der Waals surface area contributed by atoms with Gasteiger partial charge >= 0.3 is 0 Å². The summed E-state index contributed by atoms with van der Waals surface area (Å²) in [5.74, 6) is 0.788. The standard InChI is InChI=1S/C23H28N4O2/c1-4-26(5-2)22(18-9-7-6-8-10-18)23(28)24-17-19-15-16-27(25-19)20-11-13-21(29-3)14-12-20/h6-16,22H,4-5,17H2,1-3H3,(H,24,28). The lowest BCUT2D eigenvalue weighted by molar-refractivity contribution is -0.126. The van der Waals surface area contributed by atoms with E-state index in [1.54, 1.807) is 11.8 Å². The second-order valence-electron chi connectivity index (χ2n) is 6.70. The van der Waals surface area contributed by atoms with E-state index in [0.717, 1.165) is 35.8 Å². The van der Waals surface area contributed by atoms with Crippen LogP contribution in [-0.4, -0.2) is 40.8 Å². The van der Waals surface area contributed by atoms with Gasteiger partial charge in [-0.2, -0.15) is 5.10 Å². The van der Waals surface area contributed by atoms with Gasteiger partial charge in [0.1, 0.15) is 11.8 Å². The Hall–Kier alpha value is -3.12. The smallest absolute Gasteiger partial charge is 0.242 e. The molecule has 6 nitrogen and oxygen atoms in total. The molecular weight excluding hydrogens is 364 g/mol. The SMILES string of the molecule is CCN(CC)C(C(=O)NCc1ccn(-c2ccc(OC)cc2)n1)c1ccccc1. The second-order valence-corrected chi connectivity index (χ2v) is 6.70. The Morgan fingerprint density at radius 1 is 1.07 bits per heavy atom. The summed E-state index contributed by atoms with van der Waals surface area (Å²) < 4.78 is 6.98. The summed E-state index contributed by atoms with van der Waals surface area (Å²) in [6.45, 7) is 6.13. The second kappa shape index (κ2) is 9.89. The fourth-order valence-electron chi connectivity index (χ4n) is 3.36. The molecule has 0 bridgehead atoms. The number of hydrogen-bond donors (Lipinski definition) is 1. The van der Waals surface area contributed by atoms with Crippen LogP contribution in [0.4, 0.5) is 0 Å². The fraction of sp³-hybridized carbons (Fsp3) is 0.304. The zero-order valence-electron chi connectivity index (χ0n) is 17.2. The quantitative estimate of drug-likeness (QED) is 0.605. The van der Waals surface area contributed by atoms with E-state index in [0.29, 0.717) is 6.54 Å². The van der Waals surface area contributed by atoms with E-state index in [-0.39, 0.29) is 11.9 Å². The molecule has 0 aliphatic carbocycles. The van der Waals surface area contributed by atoms with Gasteiger partial charge in [0.2, 0.25) is 5.91 Å². The third-order valence-electron chi connectivity index (χ3n) is 4.97. The van der Waals surface area contributed by atoms with E-state index in [2.05, 4.69) is 29.2 Å². The Balaban J connectivity index is 1.69. The van der Waals surface area contributed by atoms with Crippen LogP contribution in [0, 0.1) is 0 Å². The number of benzene rings is 2. The Morgan fingerprint density at radius 2 is 1.76 bits per heavy atom. The first-order chi connectivity index (χ1) is 14.2. The van der Waals surface area contributed by atoms with Crippen LogP contribution in [-0.2, 0) is 11.3 Å². The summed E-state index contributed by atoms with van der Waals surface area (Å²) in [5.41, 5.74) is 2.74. The molecule has 0 aliphatic rings. The molecule has 1 atom stereocenters. The average Bonchev–Trinajstić information content (AvgIpc) is 3.25. The molecule has 1 unspecified atom stereocenters. The number of hydrogen-bond acceptors (Lipinski definition) is 4. The molecule has 0 fully saturated rings. The number of carbonyl (C=O) groups is 1. The molecule has 1 aromatic heterocycles. The lowest BCUT2D eigenvalue weighted by atomic mass is 10.0. The largest absolute Gasteiger partial charge is 0.497 e. The number of nitrogens with one attached hydrogen (secondary N) is 1. The van der Waals surface area contributed by atoms with Crippen LogP contribution in [0.25, 0.3) is 5.69 Å². The van der Waals surface area contributed by atoms with Crippen molar-refractivity contribution in [1.29, 1.82) is 0 Å². The average molecular weight is 393 g/mol. The Bertz CT molecular complexity index is 902. The summed E-state index contributed by atoms with van der Waals surface area (Å²) in [4.78, 5) is 15.2. The third kappa shape index (κ3) is 5.03. The minimum absolute atomic E-state index is 0.0149. The zero-order valence-corrected chi connectivity index (χ0v) is 17.2. The van der Waals surface area contributed by atoms with E-state index < -0.39 is 0 Å². The number of rotatable bonds is 9. The lowest BCUT2D eigenvalue weighted by Gasteiger charge is -2.28. The van der Waals surface area contributed by atoms with Gasteiger partial charge < -0.3 is 10.1 Å². The number of nitrogens with zero attached hydrogens (tertiary/aromatic N) is 3. The topological polar surface area (TPSA) is 59.4 Å². The van der Waals surface area contributed by atoms with Gasteiger partial charge in [0, 0.05) is 6.20 Å². The molecule has 0 saturated heterocycles. The Labute approximate surface area is 172 Å². The fourth-order valence-corrected chi connectivity index (χ4v) is 3.36. The number of ether oxygens (including phenoxy) is 1. The number of amides is 1. The Kier molecular flexibility index (Phi) is 7.03. The molecule has 1 N–H and O–H groups in total. The molecule has 0 saturated carbocycles. The normalized spacial score (nSPS) is 12.0. The van der Waals surface area contributed by atoms with E-state index >= 15 is 0 Å². The maximum atomic E-state index is 13.0. The summed E-state index contributed by atoms with van der Waals surface area (Å²) >= 11 is 0. The lowest BCUT2D eigenvalue weighted by Crippen LogP contribution is -2.40. The van der Waals surface area contributed by atoms with Crippen molar-refractivity contribution in [1.82, 2.24) is 20.0 Å². The van der Waals surface area contributed by atoms with Crippen molar-refractivity contribution in [3.05, 3.63) is 78.1 Å². The predicted octanol–water partition coefficient (Wildman–Crippen LogP) is 3.58. The molecule has 2 aromatic carbocycles. The van der Waals surface area contributed by atoms with E-state index in [1.165, 1.54) is 0 Å². The van der Waals surface area contributed by atoms with Gasteiger partial charge in [-0.3, -0.25) is 9.69 Å². The van der Waals surface area contributed by atoms with Crippen molar-refractivity contribution < 1.29 is 9.53 Å².